The van der Waals surface area contributed by atoms with Crippen LogP contribution in [0.5, 0.6) is 0 Å². The first-order valence-electron chi connectivity index (χ1n) is 5.92. The number of ether oxygens (including phenoxy) is 1. The summed E-state index contributed by atoms with van der Waals surface area (Å²) >= 11 is 1.23. The number of esters is 1. The Bertz CT molecular complexity index is 384. The third-order valence-corrected chi connectivity index (χ3v) is 3.67. The monoisotopic (exact) mass is 305 g/mol. The number of hydrogen-bond donors (Lipinski definition) is 2. The lowest BCUT2D eigenvalue weighted by atomic mass is 10.0. The molecule has 0 bridgehead atoms. The van der Waals surface area contributed by atoms with E-state index in [1.54, 1.807) is 0 Å². The summed E-state index contributed by atoms with van der Waals surface area (Å²) in [5.41, 5.74) is 0. The number of aliphatic carboxylic acids is 1. The van der Waals surface area contributed by atoms with Crippen LogP contribution in [0.2, 0.25) is 0 Å². The van der Waals surface area contributed by atoms with Gasteiger partial charge in [0.1, 0.15) is 11.8 Å². The number of amides is 1. The maximum absolute atomic E-state index is 11.4. The first-order valence-corrected chi connectivity index (χ1v) is 7.08. The van der Waals surface area contributed by atoms with Crippen molar-refractivity contribution < 1.29 is 29.0 Å². The second kappa shape index (κ2) is 9.35. The Morgan fingerprint density at radius 1 is 1.20 bits per heavy atom. The van der Waals surface area contributed by atoms with E-state index < -0.39 is 23.9 Å². The molecule has 0 fully saturated rings. The third-order valence-electron chi connectivity index (χ3n) is 2.46. The molecular formula is C12H19NO6S. The number of nitrogens with one attached hydrogen (secondary N) is 1. The van der Waals surface area contributed by atoms with Gasteiger partial charge in [-0.15, -0.1) is 0 Å². The predicted octanol–water partition coefficient (Wildman–Crippen LogP) is 0.0772. The van der Waals surface area contributed by atoms with Gasteiger partial charge < -0.3 is 15.2 Å². The van der Waals surface area contributed by atoms with Crippen LogP contribution in [0.25, 0.3) is 0 Å². The van der Waals surface area contributed by atoms with Crippen LogP contribution in [0.1, 0.15) is 20.3 Å². The molecule has 0 aliphatic carbocycles. The van der Waals surface area contributed by atoms with Gasteiger partial charge in [0.15, 0.2) is 0 Å². The average Bonchev–Trinajstić information content (AvgIpc) is 2.34. The molecule has 7 nitrogen and oxygen atoms in total. The fraction of sp³-hybridized carbons (Fsp3) is 0.667. The number of carboxylic acids is 1. The molecule has 0 aromatic carbocycles. The number of carbonyl (C=O) groups excluding carboxylic acids is 3. The van der Waals surface area contributed by atoms with Gasteiger partial charge >= 0.3 is 11.9 Å². The van der Waals surface area contributed by atoms with Crippen LogP contribution in [0, 0.1) is 5.92 Å². The maximum Gasteiger partial charge on any atom is 0.329 e. The van der Waals surface area contributed by atoms with Crippen molar-refractivity contribution in [3.8, 4) is 0 Å². The van der Waals surface area contributed by atoms with Crippen LogP contribution >= 0.6 is 11.8 Å². The van der Waals surface area contributed by atoms with E-state index in [0.29, 0.717) is 0 Å². The summed E-state index contributed by atoms with van der Waals surface area (Å²) in [6.45, 7) is 2.61. The van der Waals surface area contributed by atoms with Gasteiger partial charge in [0, 0.05) is 24.3 Å². The van der Waals surface area contributed by atoms with Crippen molar-refractivity contribution >= 4 is 35.4 Å². The molecule has 2 N–H and O–H groups in total. The van der Waals surface area contributed by atoms with E-state index in [4.69, 9.17) is 5.11 Å². The molecule has 0 aromatic heterocycles. The summed E-state index contributed by atoms with van der Waals surface area (Å²) in [7, 11) is 1.21. The van der Waals surface area contributed by atoms with Crippen LogP contribution in [0.3, 0.4) is 0 Å². The lowest BCUT2D eigenvalue weighted by Gasteiger charge is -2.16. The summed E-state index contributed by atoms with van der Waals surface area (Å²) in [5, 5.41) is 11.1. The number of carboxylic acid groups (broad SMARTS) is 1. The molecule has 0 spiro atoms. The second-order valence-corrected chi connectivity index (χ2v) is 5.29. The van der Waals surface area contributed by atoms with E-state index >= 15 is 0 Å². The van der Waals surface area contributed by atoms with Crippen molar-refractivity contribution in [1.82, 2.24) is 5.32 Å². The van der Waals surface area contributed by atoms with Gasteiger partial charge in [-0.1, -0.05) is 0 Å². The Morgan fingerprint density at radius 3 is 2.20 bits per heavy atom. The number of carbonyl (C=O) groups is 4. The number of ketones is 1. The fourth-order valence-corrected chi connectivity index (χ4v) is 2.64. The zero-order valence-corrected chi connectivity index (χ0v) is 12.5. The van der Waals surface area contributed by atoms with E-state index in [0.717, 1.165) is 0 Å². The van der Waals surface area contributed by atoms with Crippen molar-refractivity contribution in [2.45, 2.75) is 26.3 Å². The van der Waals surface area contributed by atoms with Gasteiger partial charge in [-0.2, -0.15) is 11.8 Å². The average molecular weight is 305 g/mol. The number of rotatable bonds is 9. The van der Waals surface area contributed by atoms with Crippen molar-refractivity contribution in [3.05, 3.63) is 0 Å². The second-order valence-electron chi connectivity index (χ2n) is 4.22. The van der Waals surface area contributed by atoms with Crippen LogP contribution in [-0.2, 0) is 23.9 Å². The van der Waals surface area contributed by atoms with Gasteiger partial charge in [-0.25, -0.2) is 4.79 Å². The summed E-state index contributed by atoms with van der Waals surface area (Å²) < 4.78 is 4.55. The van der Waals surface area contributed by atoms with Crippen LogP contribution in [-0.4, -0.2) is 53.4 Å². The highest BCUT2D eigenvalue weighted by Gasteiger charge is 2.23. The highest BCUT2D eigenvalue weighted by molar-refractivity contribution is 7.99. The molecule has 114 valence electrons. The number of methoxy groups -OCH3 is 1. The van der Waals surface area contributed by atoms with Gasteiger partial charge in [-0.05, 0) is 6.92 Å². The minimum Gasteiger partial charge on any atom is -0.481 e. The van der Waals surface area contributed by atoms with E-state index in [2.05, 4.69) is 10.1 Å². The fourth-order valence-electron chi connectivity index (χ4n) is 1.42. The minimum atomic E-state index is -1.04. The van der Waals surface area contributed by atoms with Crippen LogP contribution in [0.15, 0.2) is 0 Å². The Morgan fingerprint density at radius 2 is 1.80 bits per heavy atom. The lowest BCUT2D eigenvalue weighted by molar-refractivity contribution is -0.144. The molecule has 0 heterocycles. The quantitative estimate of drug-likeness (QED) is 0.580. The SMILES string of the molecule is COC(=O)C(CSCC(CC(=O)O)C(C)=O)NC(C)=O. The molecule has 0 aromatic rings. The van der Waals surface area contributed by atoms with Gasteiger partial charge in [-0.3, -0.25) is 14.4 Å². The van der Waals surface area contributed by atoms with E-state index in [9.17, 15) is 19.2 Å². The zero-order valence-electron chi connectivity index (χ0n) is 11.7. The normalized spacial score (nSPS) is 13.2. The summed E-state index contributed by atoms with van der Waals surface area (Å²) in [6.07, 6.45) is -0.245. The molecule has 0 aliphatic rings. The molecule has 20 heavy (non-hydrogen) atoms. The Kier molecular flexibility index (Phi) is 8.62. The first kappa shape index (κ1) is 18.4. The molecule has 0 aliphatic heterocycles. The molecule has 0 saturated carbocycles. The molecule has 0 saturated heterocycles. The predicted molar refractivity (Wildman–Crippen MR) is 73.4 cm³/mol. The highest BCUT2D eigenvalue weighted by Crippen LogP contribution is 2.15. The number of hydrogen-bond acceptors (Lipinski definition) is 6. The van der Waals surface area contributed by atoms with Crippen molar-refractivity contribution in [2.24, 2.45) is 5.92 Å². The molecular weight excluding hydrogens is 286 g/mol. The third kappa shape index (κ3) is 7.78. The lowest BCUT2D eigenvalue weighted by Crippen LogP contribution is -2.42. The van der Waals surface area contributed by atoms with Gasteiger partial charge in [0.25, 0.3) is 0 Å². The minimum absolute atomic E-state index is 0.214. The van der Waals surface area contributed by atoms with E-state index in [1.807, 2.05) is 0 Å². The molecule has 0 radical (unpaired) electrons. The van der Waals surface area contributed by atoms with Gasteiger partial charge in [0.2, 0.25) is 5.91 Å². The summed E-state index contributed by atoms with van der Waals surface area (Å²) in [5.74, 6) is -2.32. The standard InChI is InChI=1S/C12H19NO6S/c1-7(14)9(4-11(16)17)5-20-6-10(12(18)19-3)13-8(2)15/h9-10H,4-6H2,1-3H3,(H,13,15)(H,16,17). The number of Topliss-reactive ketones (excluding diaryl/α,β-unsaturated/α-hetero) is 1. The van der Waals surface area contributed by atoms with Crippen LogP contribution < -0.4 is 5.32 Å². The largest absolute Gasteiger partial charge is 0.481 e. The molecule has 1 amide bonds. The van der Waals surface area contributed by atoms with Gasteiger partial charge in [0.05, 0.1) is 13.5 Å². The smallest absolute Gasteiger partial charge is 0.329 e. The molecule has 8 heteroatoms. The van der Waals surface area contributed by atoms with Crippen molar-refractivity contribution in [2.75, 3.05) is 18.6 Å². The van der Waals surface area contributed by atoms with Crippen molar-refractivity contribution in [3.63, 3.8) is 0 Å². The molecule has 0 rings (SSSR count). The van der Waals surface area contributed by atoms with Crippen molar-refractivity contribution in [1.29, 1.82) is 0 Å². The number of thioether (sulfide) groups is 1. The first-order chi connectivity index (χ1) is 9.27. The Balaban J connectivity index is 4.39. The van der Waals surface area contributed by atoms with Crippen LogP contribution in [0.4, 0.5) is 0 Å². The topological polar surface area (TPSA) is 110 Å². The highest BCUT2D eigenvalue weighted by atomic mass is 32.2. The zero-order chi connectivity index (χ0) is 15.7. The van der Waals surface area contributed by atoms with E-state index in [-0.39, 0.29) is 29.6 Å². The Hall–Kier alpha value is -1.57. The maximum atomic E-state index is 11.4. The van der Waals surface area contributed by atoms with E-state index in [1.165, 1.54) is 32.7 Å². The summed E-state index contributed by atoms with van der Waals surface area (Å²) in [6, 6.07) is -0.806. The molecule has 2 unspecified atom stereocenters. The molecule has 2 atom stereocenters. The Labute approximate surface area is 121 Å². The summed E-state index contributed by atoms with van der Waals surface area (Å²) in [4.78, 5) is 44.3.